The number of ether oxygens (including phenoxy) is 11. The van der Waals surface area contributed by atoms with Crippen LogP contribution in [0.4, 0.5) is 21.2 Å². The SMILES string of the molecule is CC(=O)NCCOCCOCCOCCOCCC(=O)C[C@H](C(=O)N[C@@H](CCCNC(N)=O)C(=O)Cc1ccc(COC(=O)N(C)Cc2ccc(Oc3ccc(Cn4c(=O)[nH]c5c(N)nc(C)nc54)cn3)cc2)cc1)C(C)C.CC(=O)NCCOCCOCCOCCOCCC(=O)N(C)Cc1ccc(Oc2ccc(Cn3c(=O)[nH]c4c(N)nc(C)nc43)cn2)cc1. The van der Waals surface area contributed by atoms with E-state index >= 15 is 0 Å². The molecule has 0 aliphatic carbocycles. The molecule has 0 bridgehead atoms. The van der Waals surface area contributed by atoms with Crippen molar-refractivity contribution >= 4 is 81.3 Å². The first-order valence-electron chi connectivity index (χ1n) is 41.7. The zero-order valence-electron chi connectivity index (χ0n) is 73.1. The molecular formula is C87H117N19O21. The van der Waals surface area contributed by atoms with Crippen LogP contribution in [0.1, 0.15) is 105 Å². The van der Waals surface area contributed by atoms with Gasteiger partial charge in [0.25, 0.3) is 0 Å². The normalized spacial score (nSPS) is 11.7. The number of Topliss-reactive ketones (excluding diaryl/α,β-unsaturated/α-hetero) is 2. The van der Waals surface area contributed by atoms with Gasteiger partial charge in [-0.3, -0.25) is 37.9 Å². The molecule has 6 heterocycles. The molecule has 40 nitrogen and oxygen atoms in total. The highest BCUT2D eigenvalue weighted by molar-refractivity contribution is 5.93. The number of nitrogens with two attached hydrogens (primary N) is 3. The fourth-order valence-electron chi connectivity index (χ4n) is 12.5. The number of carbonyl (C=O) groups is 8. The van der Waals surface area contributed by atoms with Gasteiger partial charge >= 0.3 is 23.5 Å². The van der Waals surface area contributed by atoms with Crippen LogP contribution in [0.5, 0.6) is 23.3 Å². The summed E-state index contributed by atoms with van der Waals surface area (Å²) < 4.78 is 63.9. The Kier molecular flexibility index (Phi) is 42.1. The number of anilines is 2. The Bertz CT molecular complexity index is 5090. The van der Waals surface area contributed by atoms with Crippen molar-refractivity contribution in [2.75, 3.05) is 151 Å². The van der Waals surface area contributed by atoms with E-state index in [1.165, 1.54) is 27.9 Å². The van der Waals surface area contributed by atoms with Crippen LogP contribution >= 0.6 is 0 Å². The smallest absolute Gasteiger partial charge is 0.410 e. The molecule has 6 aromatic heterocycles. The van der Waals surface area contributed by atoms with Crippen LogP contribution < -0.4 is 59.3 Å². The molecule has 0 radical (unpaired) electrons. The maximum absolute atomic E-state index is 13.8. The third kappa shape index (κ3) is 36.1. The Morgan fingerprint density at radius 2 is 0.898 bits per heavy atom. The Labute approximate surface area is 734 Å². The summed E-state index contributed by atoms with van der Waals surface area (Å²) >= 11 is 0. The Morgan fingerprint density at radius 3 is 1.32 bits per heavy atom. The first-order chi connectivity index (χ1) is 61.1. The highest BCUT2D eigenvalue weighted by Crippen LogP contribution is 2.26. The van der Waals surface area contributed by atoms with Gasteiger partial charge in [-0.05, 0) is 90.3 Å². The third-order valence-electron chi connectivity index (χ3n) is 19.2. The summed E-state index contributed by atoms with van der Waals surface area (Å²) in [6.07, 6.45) is 3.61. The molecule has 2 atom stereocenters. The molecule has 0 saturated carbocycles. The Balaban J connectivity index is 0.000000348. The van der Waals surface area contributed by atoms with E-state index in [0.717, 1.165) is 22.3 Å². The van der Waals surface area contributed by atoms with Crippen molar-refractivity contribution in [2.24, 2.45) is 17.6 Å². The first-order valence-corrected chi connectivity index (χ1v) is 41.7. The number of urea groups is 1. The minimum absolute atomic E-state index is 0.0111. The number of fused-ring (bicyclic) bond motifs is 2. The number of nitrogen functional groups attached to an aromatic ring is 2. The summed E-state index contributed by atoms with van der Waals surface area (Å²) in [6, 6.07) is 27.1. The summed E-state index contributed by atoms with van der Waals surface area (Å²) in [6.45, 7) is 18.3. The number of aromatic nitrogens is 10. The summed E-state index contributed by atoms with van der Waals surface area (Å²) in [5.74, 6) is 1.26. The van der Waals surface area contributed by atoms with E-state index in [1.54, 1.807) is 99.8 Å². The highest BCUT2D eigenvalue weighted by Gasteiger charge is 2.30. The molecule has 0 saturated heterocycles. The van der Waals surface area contributed by atoms with Crippen LogP contribution in [0.2, 0.25) is 0 Å². The maximum atomic E-state index is 13.8. The second-order valence-corrected chi connectivity index (χ2v) is 29.8. The molecule has 0 fully saturated rings. The fraction of sp³-hybridized carbons (Fsp3) is 0.471. The topological polar surface area (TPSA) is 524 Å². The minimum Gasteiger partial charge on any atom is -0.445 e. The van der Waals surface area contributed by atoms with E-state index in [-0.39, 0.29) is 136 Å². The molecule has 40 heteroatoms. The molecule has 9 rings (SSSR count). The summed E-state index contributed by atoms with van der Waals surface area (Å²) in [7, 11) is 3.37. The number of aromatic amines is 2. The Morgan fingerprint density at radius 1 is 0.488 bits per heavy atom. The van der Waals surface area contributed by atoms with Crippen LogP contribution in [0.15, 0.2) is 119 Å². The zero-order chi connectivity index (χ0) is 91.4. The van der Waals surface area contributed by atoms with Crippen molar-refractivity contribution in [3.8, 4) is 23.3 Å². The predicted molar refractivity (Wildman–Crippen MR) is 467 cm³/mol. The van der Waals surface area contributed by atoms with Gasteiger partial charge in [-0.25, -0.2) is 49.1 Å². The maximum Gasteiger partial charge on any atom is 0.410 e. The van der Waals surface area contributed by atoms with Crippen molar-refractivity contribution in [1.29, 1.82) is 0 Å². The van der Waals surface area contributed by atoms with E-state index in [2.05, 4.69) is 61.1 Å². The lowest BCUT2D eigenvalue weighted by atomic mass is 9.88. The largest absolute Gasteiger partial charge is 0.445 e. The van der Waals surface area contributed by atoms with Gasteiger partial charge < -0.3 is 110 Å². The van der Waals surface area contributed by atoms with Gasteiger partial charge in [0, 0.05) is 110 Å². The number of benzene rings is 3. The number of carbonyl (C=O) groups excluding carboxylic acids is 8. The number of H-pyrrole nitrogens is 2. The van der Waals surface area contributed by atoms with Crippen molar-refractivity contribution in [3.63, 3.8) is 0 Å². The number of rotatable bonds is 56. The lowest BCUT2D eigenvalue weighted by molar-refractivity contribution is -0.134. The minimum atomic E-state index is -0.901. The van der Waals surface area contributed by atoms with E-state index in [1.807, 2.05) is 56.3 Å². The highest BCUT2D eigenvalue weighted by atomic mass is 16.6. The molecule has 0 aliphatic heterocycles. The van der Waals surface area contributed by atoms with Crippen LogP contribution in [-0.2, 0) is 111 Å². The van der Waals surface area contributed by atoms with E-state index in [0.29, 0.717) is 187 Å². The predicted octanol–water partition coefficient (Wildman–Crippen LogP) is 5.68. The standard InChI is InChI=1S/C54H73N11O13.C33H44N8O8/c1-35(2)44(30-42(67)18-21-73-23-25-75-27-28-76-26-24-74-22-20-57-37(4)66)51(69)62-45(7-6-19-58-52(56)70)46(68)29-38-8-10-40(11-9-38)34-77-54(72)64(5)32-39-12-15-43(16-13-39)78-47-17-14-41(31-59-47)33-65-50-48(63-53(65)71)49(55)60-36(3)61-50;1-23-37-31(34)30-32(38-23)41(33(44)39-30)22-26-6-9-28(36-20-26)49-27-7-4-25(5-8-27)21-40(3)29(43)10-12-45-14-16-47-18-19-48-17-15-46-13-11-35-24(2)42/h8-17,31,35,44-45H,6-7,18-30,32-34H2,1-5H3,(H,57,66)(H,62,69)(H,63,71)(H2,55,60,61)(H3,56,58,70);4-9,20H,10-19,21-22H2,1-3H3,(H,35,42)(H,39,44)(H2,34,37,38)/t44-,45-;/m0./s1. The molecular weight excluding hydrogens is 1650 g/mol. The zero-order valence-corrected chi connectivity index (χ0v) is 73.1. The van der Waals surface area contributed by atoms with Gasteiger partial charge in [0.05, 0.1) is 131 Å². The molecule has 12 N–H and O–H groups in total. The number of nitrogens with zero attached hydrogens (tertiary/aromatic N) is 10. The number of ketones is 2. The second-order valence-electron chi connectivity index (χ2n) is 29.8. The van der Waals surface area contributed by atoms with Gasteiger partial charge in [-0.15, -0.1) is 0 Å². The molecule has 7 amide bonds. The monoisotopic (exact) mass is 1760 g/mol. The van der Waals surface area contributed by atoms with Gasteiger partial charge in [0.15, 0.2) is 28.7 Å². The summed E-state index contributed by atoms with van der Waals surface area (Å²) in [5.41, 5.74) is 22.7. The third-order valence-corrected chi connectivity index (χ3v) is 19.2. The second kappa shape index (κ2) is 53.6. The van der Waals surface area contributed by atoms with Crippen LogP contribution in [-0.4, -0.2) is 252 Å². The number of hydrogen-bond acceptors (Lipinski definition) is 29. The van der Waals surface area contributed by atoms with Gasteiger partial charge in [-0.2, -0.15) is 0 Å². The number of amides is 7. The fourth-order valence-corrected chi connectivity index (χ4v) is 12.5. The number of pyridine rings is 2. The quantitative estimate of drug-likeness (QED) is 0.0207. The lowest BCUT2D eigenvalue weighted by Gasteiger charge is -2.24. The average molecular weight is 1770 g/mol. The molecule has 9 aromatic rings. The lowest BCUT2D eigenvalue weighted by Crippen LogP contribution is -2.46. The summed E-state index contributed by atoms with van der Waals surface area (Å²) in [4.78, 5) is 158. The Hall–Kier alpha value is -12.7. The number of nitrogens with one attached hydrogen (secondary N) is 6. The van der Waals surface area contributed by atoms with Crippen LogP contribution in [0.25, 0.3) is 22.3 Å². The molecule has 0 spiro atoms. The van der Waals surface area contributed by atoms with Crippen molar-refractivity contribution in [3.05, 3.63) is 175 Å². The summed E-state index contributed by atoms with van der Waals surface area (Å²) in [5, 5.41) is 10.7. The van der Waals surface area contributed by atoms with Crippen LogP contribution in [0.3, 0.4) is 0 Å². The number of imidazole rings is 2. The van der Waals surface area contributed by atoms with E-state index < -0.39 is 30.0 Å². The van der Waals surface area contributed by atoms with Crippen molar-refractivity contribution in [1.82, 2.24) is 80.1 Å². The van der Waals surface area contributed by atoms with E-state index in [4.69, 9.17) is 69.3 Å². The molecule has 0 unspecified atom stereocenters. The number of hydrogen-bond donors (Lipinski definition) is 9. The van der Waals surface area contributed by atoms with Gasteiger partial charge in [0.2, 0.25) is 35.4 Å². The van der Waals surface area contributed by atoms with Gasteiger partial charge in [-0.1, -0.05) is 74.5 Å². The van der Waals surface area contributed by atoms with Crippen molar-refractivity contribution in [2.45, 2.75) is 119 Å². The van der Waals surface area contributed by atoms with Crippen molar-refractivity contribution < 1.29 is 90.5 Å². The molecule has 3 aromatic carbocycles. The van der Waals surface area contributed by atoms with Crippen LogP contribution in [0, 0.1) is 25.7 Å². The van der Waals surface area contributed by atoms with Gasteiger partial charge in [0.1, 0.15) is 46.6 Å². The molecule has 686 valence electrons. The molecule has 127 heavy (non-hydrogen) atoms. The first kappa shape index (κ1) is 99.7. The average Bonchev–Trinajstić information content (AvgIpc) is 1.64. The number of aryl methyl sites for hydroxylation is 2. The number of primary amides is 1. The van der Waals surface area contributed by atoms with E-state index in [9.17, 15) is 47.9 Å². The molecule has 0 aliphatic rings.